The fourth-order valence-electron chi connectivity index (χ4n) is 8.23. The van der Waals surface area contributed by atoms with Gasteiger partial charge in [0.25, 0.3) is 0 Å². The molecule has 0 N–H and O–H groups in total. The minimum Gasteiger partial charge on any atom is -0.241 e. The van der Waals surface area contributed by atoms with Crippen LogP contribution in [0.5, 0.6) is 0 Å². The third-order valence-electron chi connectivity index (χ3n) is 8.60. The highest BCUT2D eigenvalue weighted by Crippen LogP contribution is 2.60. The fraction of sp³-hybridized carbons (Fsp3) is 1.00. The zero-order chi connectivity index (χ0) is 18.1. The Balaban J connectivity index is 2.01. The van der Waals surface area contributed by atoms with E-state index in [-0.39, 0.29) is 5.91 Å². The first-order valence-corrected chi connectivity index (χ1v) is 11.0. The molecule has 144 valence electrons. The van der Waals surface area contributed by atoms with Crippen molar-refractivity contribution in [3.63, 3.8) is 0 Å². The Bertz CT molecular complexity index is 528. The van der Waals surface area contributed by atoms with Gasteiger partial charge in [0.1, 0.15) is 12.1 Å². The van der Waals surface area contributed by atoms with E-state index in [1.165, 1.54) is 87.0 Å². The van der Waals surface area contributed by atoms with Crippen LogP contribution in [0.4, 0.5) is 0 Å². The van der Waals surface area contributed by atoms with Gasteiger partial charge < -0.3 is 0 Å². The zero-order valence-corrected chi connectivity index (χ0v) is 17.8. The molecule has 4 heteroatoms. The molecule has 25 heavy (non-hydrogen) atoms. The van der Waals surface area contributed by atoms with Gasteiger partial charge in [0.2, 0.25) is 0 Å². The summed E-state index contributed by atoms with van der Waals surface area (Å²) in [6, 6.07) is 0. The summed E-state index contributed by atoms with van der Waals surface area (Å²) in [6.07, 6.45) is 5.68. The molecular formula is C21H42N4+2. The molecule has 4 saturated heterocycles. The lowest BCUT2D eigenvalue weighted by molar-refractivity contribution is -1.18. The van der Waals surface area contributed by atoms with Crippen molar-refractivity contribution in [3.05, 3.63) is 0 Å². The fourth-order valence-corrected chi connectivity index (χ4v) is 8.23. The number of nitrogens with zero attached hydrogens (tertiary/aromatic N) is 4. The maximum atomic E-state index is 2.98. The molecule has 0 saturated carbocycles. The quantitative estimate of drug-likeness (QED) is 0.706. The van der Waals surface area contributed by atoms with E-state index >= 15 is 0 Å². The molecule has 4 fully saturated rings. The van der Waals surface area contributed by atoms with Crippen LogP contribution in [0, 0.1) is 0 Å². The van der Waals surface area contributed by atoms with Crippen LogP contribution in [-0.2, 0) is 0 Å². The lowest BCUT2D eigenvalue weighted by Crippen LogP contribution is -2.84. The molecule has 0 aliphatic carbocycles. The second-order valence-corrected chi connectivity index (χ2v) is 10.6. The van der Waals surface area contributed by atoms with Crippen LogP contribution in [-0.4, -0.2) is 88.1 Å². The first kappa shape index (κ1) is 18.2. The van der Waals surface area contributed by atoms with E-state index in [0.29, 0.717) is 11.1 Å². The molecule has 0 bridgehead atoms. The molecule has 4 nitrogen and oxygen atoms in total. The maximum absolute atomic E-state index is 2.98. The van der Waals surface area contributed by atoms with Crippen LogP contribution < -0.4 is 0 Å². The monoisotopic (exact) mass is 350 g/mol. The minimum atomic E-state index is 0.184. The molecule has 0 amide bonds. The van der Waals surface area contributed by atoms with Crippen LogP contribution >= 0.6 is 0 Å². The highest BCUT2D eigenvalue weighted by atomic mass is 15.9. The van der Waals surface area contributed by atoms with Crippen molar-refractivity contribution >= 4 is 0 Å². The standard InChI is InChI=1S/C21H42N4/c1-7-22-17-20(5,6)25(15-11-12-16-25)21(22)23(8-2)19(3,4)18-24(21)13-9-10-14-24/h7-18H2,1-6H3/q+2. The Labute approximate surface area is 155 Å². The first-order valence-electron chi connectivity index (χ1n) is 11.0. The predicted molar refractivity (Wildman–Crippen MR) is 104 cm³/mol. The highest BCUT2D eigenvalue weighted by Gasteiger charge is 2.85. The van der Waals surface area contributed by atoms with Gasteiger partial charge in [-0.1, -0.05) is 13.8 Å². The van der Waals surface area contributed by atoms with Gasteiger partial charge in [-0.05, 0) is 27.7 Å². The number of quaternary nitrogens is 2. The Morgan fingerprint density at radius 3 is 1.88 bits per heavy atom. The lowest BCUT2D eigenvalue weighted by atomic mass is 10.0. The second-order valence-electron chi connectivity index (χ2n) is 10.6. The van der Waals surface area contributed by atoms with Crippen LogP contribution in [0.3, 0.4) is 0 Å². The molecular weight excluding hydrogens is 308 g/mol. The maximum Gasteiger partial charge on any atom is 0.357 e. The molecule has 4 heterocycles. The number of fused-ring (bicyclic) bond motifs is 2. The average Bonchev–Trinajstić information content (AvgIpc) is 3.26. The zero-order valence-electron chi connectivity index (χ0n) is 17.8. The third-order valence-corrected chi connectivity index (χ3v) is 8.60. The molecule has 3 spiro atoms. The van der Waals surface area contributed by atoms with Crippen LogP contribution in [0.15, 0.2) is 0 Å². The van der Waals surface area contributed by atoms with E-state index in [4.69, 9.17) is 0 Å². The normalized spacial score (nSPS) is 38.6. The van der Waals surface area contributed by atoms with E-state index in [0.717, 1.165) is 0 Å². The minimum absolute atomic E-state index is 0.184. The summed E-state index contributed by atoms with van der Waals surface area (Å²) in [7, 11) is 0. The Hall–Kier alpha value is -0.160. The number of likely N-dealkylation sites (N-methyl/N-ethyl adjacent to an activating group) is 2. The summed E-state index contributed by atoms with van der Waals surface area (Å²) in [5.41, 5.74) is 0.648. The highest BCUT2D eigenvalue weighted by molar-refractivity contribution is 5.02. The molecule has 4 rings (SSSR count). The van der Waals surface area contributed by atoms with Gasteiger partial charge in [-0.3, -0.25) is 0 Å². The summed E-state index contributed by atoms with van der Waals surface area (Å²) >= 11 is 0. The van der Waals surface area contributed by atoms with Crippen LogP contribution in [0.1, 0.15) is 67.2 Å². The average molecular weight is 351 g/mol. The van der Waals surface area contributed by atoms with Gasteiger partial charge in [0.05, 0.1) is 38.3 Å². The van der Waals surface area contributed by atoms with Crippen molar-refractivity contribution in [2.45, 2.75) is 84.2 Å². The topological polar surface area (TPSA) is 6.48 Å². The smallest absolute Gasteiger partial charge is 0.241 e. The number of hydrogen-bond acceptors (Lipinski definition) is 2. The van der Waals surface area contributed by atoms with Crippen molar-refractivity contribution in [1.29, 1.82) is 0 Å². The predicted octanol–water partition coefficient (Wildman–Crippen LogP) is 3.05. The van der Waals surface area contributed by atoms with Gasteiger partial charge in [-0.15, -0.1) is 0 Å². The van der Waals surface area contributed by atoms with Gasteiger partial charge in [0, 0.05) is 38.8 Å². The van der Waals surface area contributed by atoms with Gasteiger partial charge >= 0.3 is 5.91 Å². The summed E-state index contributed by atoms with van der Waals surface area (Å²) in [6.45, 7) is 25.6. The molecule has 0 radical (unpaired) electrons. The van der Waals surface area contributed by atoms with E-state index < -0.39 is 0 Å². The summed E-state index contributed by atoms with van der Waals surface area (Å²) in [5, 5.41) is 0. The largest absolute Gasteiger partial charge is 0.357 e. The van der Waals surface area contributed by atoms with Crippen molar-refractivity contribution in [2.24, 2.45) is 0 Å². The van der Waals surface area contributed by atoms with Crippen molar-refractivity contribution in [1.82, 2.24) is 9.80 Å². The Morgan fingerprint density at radius 1 is 0.800 bits per heavy atom. The van der Waals surface area contributed by atoms with E-state index in [2.05, 4.69) is 51.3 Å². The molecule has 1 unspecified atom stereocenters. The van der Waals surface area contributed by atoms with Gasteiger partial charge in [0.15, 0.2) is 0 Å². The SMILES string of the molecule is CCN1CC(C)(C)[N+]2(CCCC2)C12N(CC)C(C)(C)C[N+]21CCCC1. The van der Waals surface area contributed by atoms with Crippen molar-refractivity contribution < 1.29 is 8.97 Å². The summed E-state index contributed by atoms with van der Waals surface area (Å²) in [5.74, 6) is 0.184. The summed E-state index contributed by atoms with van der Waals surface area (Å²) < 4.78 is 2.69. The van der Waals surface area contributed by atoms with E-state index in [1.54, 1.807) is 0 Å². The first-order chi connectivity index (χ1) is 11.7. The molecule has 0 aromatic rings. The molecule has 0 aromatic heterocycles. The Morgan fingerprint density at radius 2 is 1.36 bits per heavy atom. The third kappa shape index (κ3) is 1.88. The molecule has 0 aromatic carbocycles. The number of rotatable bonds is 2. The van der Waals surface area contributed by atoms with Crippen LogP contribution in [0.25, 0.3) is 0 Å². The number of hydrogen-bond donors (Lipinski definition) is 0. The molecule has 4 aliphatic heterocycles. The van der Waals surface area contributed by atoms with Gasteiger partial charge in [-0.25, -0.2) is 8.97 Å². The van der Waals surface area contributed by atoms with Gasteiger partial charge in [-0.2, -0.15) is 9.80 Å². The van der Waals surface area contributed by atoms with E-state index in [1.807, 2.05) is 0 Å². The second kappa shape index (κ2) is 5.43. The lowest BCUT2D eigenvalue weighted by Gasteiger charge is -2.59. The molecule has 1 atom stereocenters. The Kier molecular flexibility index (Phi) is 3.96. The van der Waals surface area contributed by atoms with Crippen LogP contribution in [0.2, 0.25) is 0 Å². The summed E-state index contributed by atoms with van der Waals surface area (Å²) in [4.78, 5) is 5.93. The van der Waals surface area contributed by atoms with Crippen molar-refractivity contribution in [2.75, 3.05) is 52.4 Å². The van der Waals surface area contributed by atoms with Crippen molar-refractivity contribution in [3.8, 4) is 0 Å². The molecule has 4 aliphatic rings. The van der Waals surface area contributed by atoms with E-state index in [9.17, 15) is 0 Å².